The summed E-state index contributed by atoms with van der Waals surface area (Å²) in [7, 11) is -3.73. The van der Waals surface area contributed by atoms with E-state index in [1.54, 1.807) is 38.1 Å². The highest BCUT2D eigenvalue weighted by Gasteiger charge is 2.25. The van der Waals surface area contributed by atoms with Gasteiger partial charge in [-0.1, -0.05) is 23.7 Å². The van der Waals surface area contributed by atoms with E-state index in [2.05, 4.69) is 9.71 Å². The largest absolute Gasteiger partial charge is 0.394 e. The molecule has 0 fully saturated rings. The number of aliphatic hydroxyl groups excluding tert-OH is 1. The fourth-order valence-corrected chi connectivity index (χ4v) is 4.75. The Morgan fingerprint density at radius 1 is 1.33 bits per heavy atom. The summed E-state index contributed by atoms with van der Waals surface area (Å²) in [5.41, 5.74) is 1.10. The number of nitrogens with zero attached hydrogens (tertiary/aromatic N) is 1. The normalized spacial score (nSPS) is 13.3. The van der Waals surface area contributed by atoms with Gasteiger partial charge in [-0.3, -0.25) is 0 Å². The van der Waals surface area contributed by atoms with E-state index >= 15 is 0 Å². The number of hydrogen-bond donors (Lipinski definition) is 2. The van der Waals surface area contributed by atoms with Crippen LogP contribution in [0, 0.1) is 13.8 Å². The van der Waals surface area contributed by atoms with Crippen molar-refractivity contribution in [1.82, 2.24) is 9.71 Å². The maximum atomic E-state index is 12.4. The Bertz CT molecular complexity index is 726. The van der Waals surface area contributed by atoms with Gasteiger partial charge >= 0.3 is 0 Å². The summed E-state index contributed by atoms with van der Waals surface area (Å²) in [5.74, 6) is 0. The van der Waals surface area contributed by atoms with Gasteiger partial charge in [0.15, 0.2) is 4.21 Å². The third-order valence-corrected chi connectivity index (χ3v) is 6.26. The monoisotopic (exact) mass is 346 g/mol. The Kier molecular flexibility index (Phi) is 5.00. The van der Waals surface area contributed by atoms with Crippen molar-refractivity contribution in [1.29, 1.82) is 0 Å². The molecule has 0 saturated carbocycles. The van der Waals surface area contributed by atoms with Crippen LogP contribution in [0.3, 0.4) is 0 Å². The first-order valence-corrected chi connectivity index (χ1v) is 8.84. The number of rotatable bonds is 5. The molecule has 1 aromatic heterocycles. The molecule has 21 heavy (non-hydrogen) atoms. The van der Waals surface area contributed by atoms with Gasteiger partial charge in [0, 0.05) is 5.02 Å². The number of aliphatic hydroxyl groups is 1. The lowest BCUT2D eigenvalue weighted by molar-refractivity contribution is 0.259. The maximum Gasteiger partial charge on any atom is 0.252 e. The summed E-state index contributed by atoms with van der Waals surface area (Å²) in [6.07, 6.45) is 0. The number of thiazole rings is 1. The first-order valence-electron chi connectivity index (χ1n) is 6.16. The zero-order valence-electron chi connectivity index (χ0n) is 11.5. The summed E-state index contributed by atoms with van der Waals surface area (Å²) in [4.78, 5) is 4.11. The molecule has 0 aliphatic rings. The van der Waals surface area contributed by atoms with Crippen LogP contribution in [0.2, 0.25) is 5.02 Å². The quantitative estimate of drug-likeness (QED) is 0.871. The van der Waals surface area contributed by atoms with Crippen molar-refractivity contribution in [3.63, 3.8) is 0 Å². The lowest BCUT2D eigenvalue weighted by Crippen LogP contribution is -2.30. The van der Waals surface area contributed by atoms with Crippen LogP contribution < -0.4 is 4.72 Å². The average molecular weight is 347 g/mol. The highest BCUT2D eigenvalue weighted by molar-refractivity contribution is 7.91. The van der Waals surface area contributed by atoms with E-state index in [0.717, 1.165) is 11.3 Å². The molecular formula is C13H15ClN2O3S2. The third kappa shape index (κ3) is 3.81. The Balaban J connectivity index is 2.29. The maximum absolute atomic E-state index is 12.4. The predicted octanol–water partition coefficient (Wildman–Crippen LogP) is 2.43. The zero-order chi connectivity index (χ0) is 15.6. The Morgan fingerprint density at radius 2 is 1.95 bits per heavy atom. The lowest BCUT2D eigenvalue weighted by atomic mass is 10.1. The second-order valence-electron chi connectivity index (χ2n) is 4.51. The molecule has 0 aliphatic carbocycles. The molecule has 0 amide bonds. The minimum absolute atomic E-state index is 0.174. The molecule has 2 aromatic rings. The van der Waals surface area contributed by atoms with Gasteiger partial charge in [-0.05, 0) is 31.5 Å². The van der Waals surface area contributed by atoms with Crippen LogP contribution in [0.1, 0.15) is 22.3 Å². The Morgan fingerprint density at radius 3 is 2.43 bits per heavy atom. The summed E-state index contributed by atoms with van der Waals surface area (Å²) in [6.45, 7) is 3.05. The Labute approximate surface area is 132 Å². The summed E-state index contributed by atoms with van der Waals surface area (Å²) < 4.78 is 27.5. The van der Waals surface area contributed by atoms with Gasteiger partial charge in [0.1, 0.15) is 0 Å². The molecule has 2 N–H and O–H groups in total. The van der Waals surface area contributed by atoms with Gasteiger partial charge in [0.2, 0.25) is 0 Å². The van der Waals surface area contributed by atoms with Crippen LogP contribution in [-0.2, 0) is 10.0 Å². The van der Waals surface area contributed by atoms with Crippen molar-refractivity contribution in [2.45, 2.75) is 24.1 Å². The Hall–Kier alpha value is -0.990. The van der Waals surface area contributed by atoms with Crippen LogP contribution in [0.4, 0.5) is 0 Å². The number of hydrogen-bond acceptors (Lipinski definition) is 5. The molecule has 5 nitrogen and oxygen atoms in total. The summed E-state index contributed by atoms with van der Waals surface area (Å²) in [6, 6.07) is 5.92. The molecule has 114 valence electrons. The van der Waals surface area contributed by atoms with Gasteiger partial charge < -0.3 is 5.11 Å². The van der Waals surface area contributed by atoms with E-state index in [1.807, 2.05) is 0 Å². The van der Waals surface area contributed by atoms with Crippen molar-refractivity contribution in [2.75, 3.05) is 6.61 Å². The number of nitrogens with one attached hydrogen (secondary N) is 1. The highest BCUT2D eigenvalue weighted by atomic mass is 35.5. The fraction of sp³-hybridized carbons (Fsp3) is 0.308. The molecule has 0 bridgehead atoms. The van der Waals surface area contributed by atoms with E-state index in [1.165, 1.54) is 0 Å². The lowest BCUT2D eigenvalue weighted by Gasteiger charge is -2.16. The molecular weight excluding hydrogens is 332 g/mol. The topological polar surface area (TPSA) is 79.3 Å². The molecule has 8 heteroatoms. The van der Waals surface area contributed by atoms with E-state index in [-0.39, 0.29) is 10.8 Å². The van der Waals surface area contributed by atoms with E-state index < -0.39 is 16.1 Å². The highest BCUT2D eigenvalue weighted by Crippen LogP contribution is 2.25. The van der Waals surface area contributed by atoms with Gasteiger partial charge in [-0.2, -0.15) is 0 Å². The number of halogens is 1. The fourth-order valence-electron chi connectivity index (χ4n) is 1.91. The van der Waals surface area contributed by atoms with Gasteiger partial charge in [0.05, 0.1) is 23.4 Å². The smallest absolute Gasteiger partial charge is 0.252 e. The first kappa shape index (κ1) is 16.4. The van der Waals surface area contributed by atoms with E-state index in [9.17, 15) is 13.5 Å². The molecule has 1 heterocycles. The molecule has 1 aromatic carbocycles. The third-order valence-electron chi connectivity index (χ3n) is 2.86. The van der Waals surface area contributed by atoms with Gasteiger partial charge in [-0.15, -0.1) is 11.3 Å². The SMILES string of the molecule is Cc1nc(C)c(S(=O)(=O)NC(CO)c2ccc(Cl)cc2)s1. The van der Waals surface area contributed by atoms with Crippen LogP contribution in [0.25, 0.3) is 0 Å². The van der Waals surface area contributed by atoms with Crippen LogP contribution in [-0.4, -0.2) is 25.1 Å². The molecule has 2 rings (SSSR count). The van der Waals surface area contributed by atoms with Gasteiger partial charge in [0.25, 0.3) is 10.0 Å². The van der Waals surface area contributed by atoms with Crippen LogP contribution in [0.5, 0.6) is 0 Å². The number of benzene rings is 1. The number of sulfonamides is 1. The summed E-state index contributed by atoms with van der Waals surface area (Å²) in [5, 5.41) is 10.7. The van der Waals surface area contributed by atoms with Crippen LogP contribution >= 0.6 is 22.9 Å². The molecule has 0 saturated heterocycles. The van der Waals surface area contributed by atoms with Crippen molar-refractivity contribution in [3.8, 4) is 0 Å². The number of aromatic nitrogens is 1. The molecule has 1 atom stereocenters. The minimum Gasteiger partial charge on any atom is -0.394 e. The molecule has 0 spiro atoms. The number of aryl methyl sites for hydroxylation is 2. The van der Waals surface area contributed by atoms with Crippen molar-refractivity contribution in [2.24, 2.45) is 0 Å². The van der Waals surface area contributed by atoms with Crippen molar-refractivity contribution < 1.29 is 13.5 Å². The van der Waals surface area contributed by atoms with E-state index in [4.69, 9.17) is 11.6 Å². The van der Waals surface area contributed by atoms with Crippen LogP contribution in [0.15, 0.2) is 28.5 Å². The van der Waals surface area contributed by atoms with Gasteiger partial charge in [-0.25, -0.2) is 18.1 Å². The molecule has 0 radical (unpaired) electrons. The second-order valence-corrected chi connectivity index (χ2v) is 8.06. The predicted molar refractivity (Wildman–Crippen MR) is 83.2 cm³/mol. The minimum atomic E-state index is -3.73. The van der Waals surface area contributed by atoms with Crippen molar-refractivity contribution in [3.05, 3.63) is 45.6 Å². The molecule has 1 unspecified atom stereocenters. The van der Waals surface area contributed by atoms with E-state index in [0.29, 0.717) is 21.3 Å². The van der Waals surface area contributed by atoms with Crippen molar-refractivity contribution >= 4 is 33.0 Å². The second kappa shape index (κ2) is 6.41. The first-order chi connectivity index (χ1) is 9.83. The summed E-state index contributed by atoms with van der Waals surface area (Å²) >= 11 is 6.91. The molecule has 0 aliphatic heterocycles. The average Bonchev–Trinajstić information content (AvgIpc) is 2.77. The standard InChI is InChI=1S/C13H15ClN2O3S2/c1-8-13(20-9(2)15-8)21(18,19)16-12(7-17)10-3-5-11(14)6-4-10/h3-6,12,16-17H,7H2,1-2H3. The zero-order valence-corrected chi connectivity index (χ0v) is 13.9.